The number of ether oxygens (including phenoxy) is 1. The number of amides is 1. The number of benzene rings is 1. The van der Waals surface area contributed by atoms with Crippen LogP contribution in [0.4, 0.5) is 5.69 Å². The highest BCUT2D eigenvalue weighted by atomic mass is 16.5. The van der Waals surface area contributed by atoms with Crippen LogP contribution in [0, 0.1) is 22.7 Å². The molecule has 1 amide bonds. The van der Waals surface area contributed by atoms with Gasteiger partial charge in [-0.2, -0.15) is 10.5 Å². The molecule has 6 heteroatoms. The first-order valence-electron chi connectivity index (χ1n) is 6.12. The molecule has 0 radical (unpaired) electrons. The number of hydrogen-bond acceptors (Lipinski definition) is 5. The topological polar surface area (TPSA) is 112 Å². The molecule has 0 heterocycles. The Morgan fingerprint density at radius 2 is 2.10 bits per heavy atom. The van der Waals surface area contributed by atoms with Gasteiger partial charge in [-0.05, 0) is 31.0 Å². The van der Waals surface area contributed by atoms with Crippen molar-refractivity contribution in [3.05, 3.63) is 29.3 Å². The molecular weight excluding hydrogens is 256 g/mol. The van der Waals surface area contributed by atoms with E-state index in [2.05, 4.69) is 5.32 Å². The Kier molecular flexibility index (Phi) is 6.18. The fourth-order valence-electron chi connectivity index (χ4n) is 1.63. The highest BCUT2D eigenvalue weighted by Crippen LogP contribution is 2.15. The van der Waals surface area contributed by atoms with Gasteiger partial charge in [0.2, 0.25) is 5.91 Å². The Labute approximate surface area is 117 Å². The van der Waals surface area contributed by atoms with E-state index in [1.807, 2.05) is 12.1 Å². The molecule has 0 aliphatic rings. The average molecular weight is 272 g/mol. The summed E-state index contributed by atoms with van der Waals surface area (Å²) < 4.78 is 4.89. The number of nitrogens with zero attached hydrogens (tertiary/aromatic N) is 2. The van der Waals surface area contributed by atoms with E-state index in [-0.39, 0.29) is 17.0 Å². The van der Waals surface area contributed by atoms with Crippen LogP contribution in [0.3, 0.4) is 0 Å². The van der Waals surface area contributed by atoms with Crippen LogP contribution in [0.2, 0.25) is 0 Å². The predicted octanol–water partition coefficient (Wildman–Crippen LogP) is 1.12. The van der Waals surface area contributed by atoms with Crippen molar-refractivity contribution in [2.75, 3.05) is 19.0 Å². The summed E-state index contributed by atoms with van der Waals surface area (Å²) >= 11 is 0. The number of nitrogens with one attached hydrogen (secondary N) is 1. The highest BCUT2D eigenvalue weighted by Gasteiger charge is 2.14. The summed E-state index contributed by atoms with van der Waals surface area (Å²) in [5.74, 6) is -0.324. The van der Waals surface area contributed by atoms with E-state index in [9.17, 15) is 4.79 Å². The number of hydrogen-bond donors (Lipinski definition) is 2. The lowest BCUT2D eigenvalue weighted by atomic mass is 10.1. The summed E-state index contributed by atoms with van der Waals surface area (Å²) in [6.45, 7) is 0.552. The zero-order valence-corrected chi connectivity index (χ0v) is 11.2. The summed E-state index contributed by atoms with van der Waals surface area (Å²) in [6.07, 6.45) is 1.21. The minimum absolute atomic E-state index is 0.221. The van der Waals surface area contributed by atoms with Gasteiger partial charge in [0.15, 0.2) is 0 Å². The van der Waals surface area contributed by atoms with Crippen molar-refractivity contribution in [2.45, 2.75) is 18.9 Å². The summed E-state index contributed by atoms with van der Waals surface area (Å²) in [6, 6.07) is 7.70. The minimum Gasteiger partial charge on any atom is -0.385 e. The maximum Gasteiger partial charge on any atom is 0.241 e. The number of carbonyl (C=O) groups excluding carboxylic acids is 1. The lowest BCUT2D eigenvalue weighted by Crippen LogP contribution is -2.35. The largest absolute Gasteiger partial charge is 0.385 e. The molecule has 104 valence electrons. The molecule has 20 heavy (non-hydrogen) atoms. The Morgan fingerprint density at radius 3 is 2.70 bits per heavy atom. The first-order chi connectivity index (χ1) is 9.62. The average Bonchev–Trinajstić information content (AvgIpc) is 2.47. The van der Waals surface area contributed by atoms with Gasteiger partial charge in [0, 0.05) is 19.4 Å². The van der Waals surface area contributed by atoms with Crippen LogP contribution < -0.4 is 11.1 Å². The van der Waals surface area contributed by atoms with E-state index < -0.39 is 6.04 Å². The first-order valence-corrected chi connectivity index (χ1v) is 6.12. The van der Waals surface area contributed by atoms with Crippen LogP contribution in [-0.2, 0) is 9.53 Å². The Hall–Kier alpha value is -2.41. The molecule has 0 aromatic heterocycles. The summed E-state index contributed by atoms with van der Waals surface area (Å²) in [5.41, 5.74) is 6.69. The van der Waals surface area contributed by atoms with Crippen LogP contribution in [-0.4, -0.2) is 25.7 Å². The third kappa shape index (κ3) is 4.36. The molecule has 1 aromatic carbocycles. The van der Waals surface area contributed by atoms with Crippen LogP contribution in [0.1, 0.15) is 24.0 Å². The summed E-state index contributed by atoms with van der Waals surface area (Å²) in [5, 5.41) is 20.3. The smallest absolute Gasteiger partial charge is 0.241 e. The van der Waals surface area contributed by atoms with Crippen LogP contribution in [0.25, 0.3) is 0 Å². The molecule has 0 saturated heterocycles. The molecule has 1 aromatic rings. The van der Waals surface area contributed by atoms with Gasteiger partial charge in [0.05, 0.1) is 17.2 Å². The van der Waals surface area contributed by atoms with E-state index >= 15 is 0 Å². The molecule has 0 bridgehead atoms. The Balaban J connectivity index is 2.67. The third-order valence-electron chi connectivity index (χ3n) is 2.73. The number of nitrogens with two attached hydrogens (primary N) is 1. The zero-order valence-electron chi connectivity index (χ0n) is 11.2. The van der Waals surface area contributed by atoms with Crippen molar-refractivity contribution in [2.24, 2.45) is 5.73 Å². The molecule has 6 nitrogen and oxygen atoms in total. The second kappa shape index (κ2) is 7.90. The molecule has 0 fully saturated rings. The van der Waals surface area contributed by atoms with Crippen LogP contribution in [0.5, 0.6) is 0 Å². The van der Waals surface area contributed by atoms with Gasteiger partial charge in [0.1, 0.15) is 12.1 Å². The zero-order chi connectivity index (χ0) is 15.0. The number of rotatable bonds is 6. The predicted molar refractivity (Wildman–Crippen MR) is 73.6 cm³/mol. The number of carbonyl (C=O) groups is 1. The van der Waals surface area contributed by atoms with Gasteiger partial charge < -0.3 is 15.8 Å². The van der Waals surface area contributed by atoms with E-state index in [4.69, 9.17) is 21.0 Å². The molecule has 0 aliphatic heterocycles. The molecular formula is C14H16N4O2. The summed E-state index contributed by atoms with van der Waals surface area (Å²) in [4.78, 5) is 11.8. The molecule has 0 spiro atoms. The van der Waals surface area contributed by atoms with Gasteiger partial charge in [0.25, 0.3) is 0 Å². The monoisotopic (exact) mass is 272 g/mol. The van der Waals surface area contributed by atoms with Crippen molar-refractivity contribution in [3.63, 3.8) is 0 Å². The second-order valence-electron chi connectivity index (χ2n) is 4.21. The third-order valence-corrected chi connectivity index (χ3v) is 2.73. The standard InChI is InChI=1S/C14H16N4O2/c1-20-6-2-3-13(17)14(19)18-12-5-4-10(8-15)11(7-12)9-16/h4-5,7,13H,2-3,6,17H2,1H3,(H,18,19). The molecule has 1 unspecified atom stereocenters. The van der Waals surface area contributed by atoms with Gasteiger partial charge in [-0.3, -0.25) is 4.79 Å². The van der Waals surface area contributed by atoms with Crippen LogP contribution in [0.15, 0.2) is 18.2 Å². The fourth-order valence-corrected chi connectivity index (χ4v) is 1.63. The normalized spacial score (nSPS) is 11.2. The van der Waals surface area contributed by atoms with Crippen molar-refractivity contribution in [1.29, 1.82) is 10.5 Å². The first kappa shape index (κ1) is 15.6. The van der Waals surface area contributed by atoms with E-state index in [1.54, 1.807) is 13.2 Å². The maximum absolute atomic E-state index is 11.8. The van der Waals surface area contributed by atoms with Gasteiger partial charge in [-0.1, -0.05) is 0 Å². The lowest BCUT2D eigenvalue weighted by molar-refractivity contribution is -0.117. The number of methoxy groups -OCH3 is 1. The maximum atomic E-state index is 11.8. The lowest BCUT2D eigenvalue weighted by Gasteiger charge is -2.12. The summed E-state index contributed by atoms with van der Waals surface area (Å²) in [7, 11) is 1.59. The quantitative estimate of drug-likeness (QED) is 0.754. The van der Waals surface area contributed by atoms with Crippen molar-refractivity contribution < 1.29 is 9.53 Å². The van der Waals surface area contributed by atoms with Gasteiger partial charge in [-0.25, -0.2) is 0 Å². The van der Waals surface area contributed by atoms with Gasteiger partial charge >= 0.3 is 0 Å². The Morgan fingerprint density at radius 1 is 1.40 bits per heavy atom. The molecule has 0 saturated carbocycles. The second-order valence-corrected chi connectivity index (χ2v) is 4.21. The van der Waals surface area contributed by atoms with Crippen molar-refractivity contribution in [1.82, 2.24) is 0 Å². The van der Waals surface area contributed by atoms with Crippen molar-refractivity contribution >= 4 is 11.6 Å². The minimum atomic E-state index is -0.633. The van der Waals surface area contributed by atoms with Crippen LogP contribution >= 0.6 is 0 Å². The Bertz CT molecular complexity index is 557. The molecule has 1 rings (SSSR count). The molecule has 1 atom stereocenters. The number of anilines is 1. The van der Waals surface area contributed by atoms with E-state index in [0.29, 0.717) is 25.1 Å². The number of nitriles is 2. The highest BCUT2D eigenvalue weighted by molar-refractivity contribution is 5.94. The van der Waals surface area contributed by atoms with E-state index in [0.717, 1.165) is 0 Å². The molecule has 3 N–H and O–H groups in total. The van der Waals surface area contributed by atoms with E-state index in [1.165, 1.54) is 12.1 Å². The van der Waals surface area contributed by atoms with Gasteiger partial charge in [-0.15, -0.1) is 0 Å². The molecule has 0 aliphatic carbocycles. The SMILES string of the molecule is COCCCC(N)C(=O)Nc1ccc(C#N)c(C#N)c1. The van der Waals surface area contributed by atoms with Crippen molar-refractivity contribution in [3.8, 4) is 12.1 Å². The fraction of sp³-hybridized carbons (Fsp3) is 0.357.